The predicted octanol–water partition coefficient (Wildman–Crippen LogP) is 3.02. The van der Waals surface area contributed by atoms with Gasteiger partial charge in [-0.1, -0.05) is 26.0 Å². The van der Waals surface area contributed by atoms with Crippen LogP contribution in [0.4, 0.5) is 11.4 Å². The lowest BCUT2D eigenvalue weighted by molar-refractivity contribution is -0.118. The Kier molecular flexibility index (Phi) is 4.66. The zero-order valence-electron chi connectivity index (χ0n) is 15.2. The molecule has 0 spiro atoms. The molecule has 2 N–H and O–H groups in total. The highest BCUT2D eigenvalue weighted by atomic mass is 16.2. The quantitative estimate of drug-likeness (QED) is 0.903. The van der Waals surface area contributed by atoms with Crippen LogP contribution in [0.1, 0.15) is 30.7 Å². The number of fused-ring (bicyclic) bond motifs is 1. The first-order chi connectivity index (χ1) is 11.9. The molecule has 1 aromatic carbocycles. The first kappa shape index (κ1) is 17.3. The summed E-state index contributed by atoms with van der Waals surface area (Å²) in [6.07, 6.45) is 0.112. The Morgan fingerprint density at radius 2 is 2.00 bits per heavy atom. The molecule has 0 saturated heterocycles. The second kappa shape index (κ2) is 6.75. The maximum atomic E-state index is 13.0. The normalized spacial score (nSPS) is 16.5. The number of nitrogens with zero attached hydrogens (tertiary/aromatic N) is 1. The summed E-state index contributed by atoms with van der Waals surface area (Å²) >= 11 is 0. The second-order valence-electron chi connectivity index (χ2n) is 7.14. The number of hydrogen-bond donors (Lipinski definition) is 2. The fraction of sp³-hybridized carbons (Fsp3) is 0.400. The monoisotopic (exact) mass is 339 g/mol. The number of H-pyrrole nitrogens is 1. The van der Waals surface area contributed by atoms with E-state index in [1.807, 2.05) is 49.1 Å². The molecular formula is C20H25N3O2. The molecule has 1 aliphatic heterocycles. The third-order valence-corrected chi connectivity index (χ3v) is 4.84. The number of aromatic amines is 1. The smallest absolute Gasteiger partial charge is 0.252 e. The minimum atomic E-state index is -0.172. The SMILES string of the molecule is Cc1cc(C)c(CC(=O)N2CC(C(C)C)Nc3ccccc32)c(=O)[nH]1. The van der Waals surface area contributed by atoms with E-state index in [2.05, 4.69) is 24.1 Å². The van der Waals surface area contributed by atoms with Crippen LogP contribution in [0, 0.1) is 19.8 Å². The van der Waals surface area contributed by atoms with E-state index in [4.69, 9.17) is 0 Å². The summed E-state index contributed by atoms with van der Waals surface area (Å²) in [6, 6.07) is 9.94. The van der Waals surface area contributed by atoms with Crippen molar-refractivity contribution < 1.29 is 4.79 Å². The van der Waals surface area contributed by atoms with Gasteiger partial charge in [-0.3, -0.25) is 9.59 Å². The maximum absolute atomic E-state index is 13.0. The zero-order valence-corrected chi connectivity index (χ0v) is 15.2. The van der Waals surface area contributed by atoms with Gasteiger partial charge in [-0.15, -0.1) is 0 Å². The average molecular weight is 339 g/mol. The van der Waals surface area contributed by atoms with Crippen LogP contribution in [0.25, 0.3) is 0 Å². The molecular weight excluding hydrogens is 314 g/mol. The number of anilines is 2. The first-order valence-electron chi connectivity index (χ1n) is 8.72. The number of nitrogens with one attached hydrogen (secondary N) is 2. The van der Waals surface area contributed by atoms with Gasteiger partial charge in [-0.2, -0.15) is 0 Å². The molecule has 3 rings (SSSR count). The number of carbonyl (C=O) groups excluding carboxylic acids is 1. The lowest BCUT2D eigenvalue weighted by atomic mass is 9.98. The molecule has 1 amide bonds. The van der Waals surface area contributed by atoms with Crippen LogP contribution in [0.2, 0.25) is 0 Å². The van der Waals surface area contributed by atoms with Gasteiger partial charge in [0.25, 0.3) is 5.56 Å². The molecule has 1 unspecified atom stereocenters. The highest BCUT2D eigenvalue weighted by Crippen LogP contribution is 2.32. The molecule has 0 aliphatic carbocycles. The minimum Gasteiger partial charge on any atom is -0.379 e. The number of hydrogen-bond acceptors (Lipinski definition) is 3. The van der Waals surface area contributed by atoms with E-state index in [0.717, 1.165) is 22.6 Å². The molecule has 1 aliphatic rings. The zero-order chi connectivity index (χ0) is 18.1. The summed E-state index contributed by atoms with van der Waals surface area (Å²) in [6.45, 7) is 8.62. The summed E-state index contributed by atoms with van der Waals surface area (Å²) in [5, 5.41) is 3.51. The van der Waals surface area contributed by atoms with Crippen LogP contribution in [0.15, 0.2) is 35.1 Å². The van der Waals surface area contributed by atoms with Crippen LogP contribution in [0.3, 0.4) is 0 Å². The van der Waals surface area contributed by atoms with E-state index in [-0.39, 0.29) is 23.9 Å². The van der Waals surface area contributed by atoms with Gasteiger partial charge in [0, 0.05) is 23.8 Å². The van der Waals surface area contributed by atoms with E-state index in [0.29, 0.717) is 18.0 Å². The predicted molar refractivity (Wildman–Crippen MR) is 101 cm³/mol. The number of pyridine rings is 1. The molecule has 0 fully saturated rings. The standard InChI is InChI=1S/C20H25N3O2/c1-12(2)17-11-23(18-8-6-5-7-16(18)22-17)19(24)10-15-13(3)9-14(4)21-20(15)25/h5-9,12,17,22H,10-11H2,1-4H3,(H,21,25). The van der Waals surface area contributed by atoms with E-state index in [9.17, 15) is 9.59 Å². The highest BCUT2D eigenvalue weighted by Gasteiger charge is 2.29. The van der Waals surface area contributed by atoms with Gasteiger partial charge in [0.1, 0.15) is 0 Å². The van der Waals surface area contributed by atoms with Crippen molar-refractivity contribution in [3.8, 4) is 0 Å². The van der Waals surface area contributed by atoms with E-state index >= 15 is 0 Å². The Labute approximate surface area is 148 Å². The fourth-order valence-corrected chi connectivity index (χ4v) is 3.33. The van der Waals surface area contributed by atoms with Crippen LogP contribution in [-0.4, -0.2) is 23.5 Å². The molecule has 0 bridgehead atoms. The Bertz CT molecular complexity index is 854. The summed E-state index contributed by atoms with van der Waals surface area (Å²) in [4.78, 5) is 29.9. The van der Waals surface area contributed by atoms with Crippen molar-refractivity contribution in [3.63, 3.8) is 0 Å². The van der Waals surface area contributed by atoms with Crippen molar-refractivity contribution in [1.82, 2.24) is 4.98 Å². The molecule has 0 radical (unpaired) electrons. The van der Waals surface area contributed by atoms with Gasteiger partial charge in [0.05, 0.1) is 17.8 Å². The van der Waals surface area contributed by atoms with Crippen LogP contribution >= 0.6 is 0 Å². The van der Waals surface area contributed by atoms with Gasteiger partial charge < -0.3 is 15.2 Å². The number of benzene rings is 1. The fourth-order valence-electron chi connectivity index (χ4n) is 3.33. The number of amides is 1. The van der Waals surface area contributed by atoms with Gasteiger partial charge in [0.15, 0.2) is 0 Å². The number of carbonyl (C=O) groups is 1. The molecule has 2 aromatic rings. The van der Waals surface area contributed by atoms with Crippen molar-refractivity contribution in [2.24, 2.45) is 5.92 Å². The lowest BCUT2D eigenvalue weighted by Crippen LogP contribution is -2.47. The minimum absolute atomic E-state index is 0.0444. The molecule has 2 heterocycles. The number of para-hydroxylation sites is 2. The van der Waals surface area contributed by atoms with Crippen LogP contribution < -0.4 is 15.8 Å². The molecule has 0 saturated carbocycles. The summed E-state index contributed by atoms with van der Waals surface area (Å²) in [7, 11) is 0. The summed E-state index contributed by atoms with van der Waals surface area (Å²) in [5.41, 5.74) is 3.90. The topological polar surface area (TPSA) is 65.2 Å². The van der Waals surface area contributed by atoms with Gasteiger partial charge in [0.2, 0.25) is 5.91 Å². The molecule has 5 nitrogen and oxygen atoms in total. The maximum Gasteiger partial charge on any atom is 0.252 e. The van der Waals surface area contributed by atoms with Crippen molar-refractivity contribution >= 4 is 17.3 Å². The Morgan fingerprint density at radius 3 is 2.68 bits per heavy atom. The lowest BCUT2D eigenvalue weighted by Gasteiger charge is -2.37. The Morgan fingerprint density at radius 1 is 1.28 bits per heavy atom. The third kappa shape index (κ3) is 3.45. The van der Waals surface area contributed by atoms with E-state index in [1.54, 1.807) is 0 Å². The van der Waals surface area contributed by atoms with Crippen molar-refractivity contribution in [1.29, 1.82) is 0 Å². The van der Waals surface area contributed by atoms with Gasteiger partial charge in [-0.25, -0.2) is 0 Å². The first-order valence-corrected chi connectivity index (χ1v) is 8.72. The molecule has 25 heavy (non-hydrogen) atoms. The van der Waals surface area contributed by atoms with Crippen molar-refractivity contribution in [2.45, 2.75) is 40.2 Å². The Balaban J connectivity index is 1.93. The number of aromatic nitrogens is 1. The summed E-state index contributed by atoms with van der Waals surface area (Å²) < 4.78 is 0. The van der Waals surface area contributed by atoms with E-state index in [1.165, 1.54) is 0 Å². The molecule has 5 heteroatoms. The number of aryl methyl sites for hydroxylation is 2. The molecule has 1 aromatic heterocycles. The Hall–Kier alpha value is -2.56. The van der Waals surface area contributed by atoms with Gasteiger partial charge in [-0.05, 0) is 43.5 Å². The van der Waals surface area contributed by atoms with Crippen LogP contribution in [-0.2, 0) is 11.2 Å². The largest absolute Gasteiger partial charge is 0.379 e. The summed E-state index contributed by atoms with van der Waals surface area (Å²) in [5.74, 6) is 0.352. The third-order valence-electron chi connectivity index (χ3n) is 4.84. The van der Waals surface area contributed by atoms with E-state index < -0.39 is 0 Å². The van der Waals surface area contributed by atoms with Gasteiger partial charge >= 0.3 is 0 Å². The number of rotatable bonds is 3. The van der Waals surface area contributed by atoms with Crippen molar-refractivity contribution in [2.75, 3.05) is 16.8 Å². The molecule has 132 valence electrons. The second-order valence-corrected chi connectivity index (χ2v) is 7.14. The van der Waals surface area contributed by atoms with Crippen molar-refractivity contribution in [3.05, 3.63) is 57.5 Å². The average Bonchev–Trinajstić information content (AvgIpc) is 2.56. The van der Waals surface area contributed by atoms with Crippen LogP contribution in [0.5, 0.6) is 0 Å². The molecule has 1 atom stereocenters. The highest BCUT2D eigenvalue weighted by molar-refractivity contribution is 5.99.